The summed E-state index contributed by atoms with van der Waals surface area (Å²) in [6.07, 6.45) is 1.41. The molecular formula is C14H15FN2O2. The van der Waals surface area contributed by atoms with Gasteiger partial charge in [0.15, 0.2) is 0 Å². The second-order valence-corrected chi connectivity index (χ2v) is 4.51. The first-order valence-corrected chi connectivity index (χ1v) is 6.27. The highest BCUT2D eigenvalue weighted by Crippen LogP contribution is 2.25. The summed E-state index contributed by atoms with van der Waals surface area (Å²) in [4.78, 5) is 12.1. The lowest BCUT2D eigenvalue weighted by Crippen LogP contribution is -2.29. The van der Waals surface area contributed by atoms with Crippen molar-refractivity contribution in [1.82, 2.24) is 0 Å². The molecule has 1 aliphatic rings. The van der Waals surface area contributed by atoms with E-state index in [0.29, 0.717) is 18.7 Å². The molecule has 2 atom stereocenters. The van der Waals surface area contributed by atoms with Gasteiger partial charge >= 0.3 is 0 Å². The first-order chi connectivity index (χ1) is 9.15. The highest BCUT2D eigenvalue weighted by Gasteiger charge is 2.32. The van der Waals surface area contributed by atoms with Crippen LogP contribution in [-0.4, -0.2) is 18.6 Å². The Morgan fingerprint density at radius 3 is 3.11 bits per heavy atom. The summed E-state index contributed by atoms with van der Waals surface area (Å²) >= 11 is 0. The van der Waals surface area contributed by atoms with E-state index in [4.69, 9.17) is 10.00 Å². The number of hydrogen-bond donors (Lipinski definition) is 1. The lowest BCUT2D eigenvalue weighted by atomic mass is 9.98. The highest BCUT2D eigenvalue weighted by atomic mass is 19.1. The van der Waals surface area contributed by atoms with Crippen molar-refractivity contribution >= 4 is 11.6 Å². The Bertz CT molecular complexity index is 525. The number of anilines is 1. The predicted octanol–water partition coefficient (Wildman–Crippen LogP) is 2.45. The van der Waals surface area contributed by atoms with E-state index in [-0.39, 0.29) is 23.5 Å². The second-order valence-electron chi connectivity index (χ2n) is 4.51. The SMILES string of the molecule is CCC1OCCC1C(=O)Nc1ccc(F)c(C#N)c1. The molecule has 1 saturated heterocycles. The van der Waals surface area contributed by atoms with Crippen LogP contribution in [0.25, 0.3) is 0 Å². The molecule has 2 rings (SSSR count). The number of carbonyl (C=O) groups excluding carboxylic acids is 1. The van der Waals surface area contributed by atoms with Crippen LogP contribution in [0.15, 0.2) is 18.2 Å². The van der Waals surface area contributed by atoms with Gasteiger partial charge in [-0.1, -0.05) is 6.92 Å². The summed E-state index contributed by atoms with van der Waals surface area (Å²) in [7, 11) is 0. The second kappa shape index (κ2) is 5.81. The third-order valence-electron chi connectivity index (χ3n) is 3.30. The number of ether oxygens (including phenoxy) is 1. The van der Waals surface area contributed by atoms with Gasteiger partial charge in [0.05, 0.1) is 17.6 Å². The third kappa shape index (κ3) is 2.91. The zero-order chi connectivity index (χ0) is 13.8. The van der Waals surface area contributed by atoms with Gasteiger partial charge in [0.1, 0.15) is 11.9 Å². The van der Waals surface area contributed by atoms with Crippen molar-refractivity contribution in [2.45, 2.75) is 25.9 Å². The Morgan fingerprint density at radius 2 is 2.42 bits per heavy atom. The Morgan fingerprint density at radius 1 is 1.63 bits per heavy atom. The Balaban J connectivity index is 2.09. The fourth-order valence-corrected chi connectivity index (χ4v) is 2.27. The molecule has 1 amide bonds. The van der Waals surface area contributed by atoms with Crippen molar-refractivity contribution < 1.29 is 13.9 Å². The van der Waals surface area contributed by atoms with E-state index in [0.717, 1.165) is 6.42 Å². The van der Waals surface area contributed by atoms with Crippen molar-refractivity contribution in [3.63, 3.8) is 0 Å². The van der Waals surface area contributed by atoms with Crippen LogP contribution < -0.4 is 5.32 Å². The average molecular weight is 262 g/mol. The van der Waals surface area contributed by atoms with Gasteiger partial charge in [0.25, 0.3) is 0 Å². The van der Waals surface area contributed by atoms with Crippen LogP contribution in [-0.2, 0) is 9.53 Å². The fraction of sp³-hybridized carbons (Fsp3) is 0.429. The number of nitriles is 1. The summed E-state index contributed by atoms with van der Waals surface area (Å²) in [5.41, 5.74) is 0.359. The zero-order valence-electron chi connectivity index (χ0n) is 10.6. The quantitative estimate of drug-likeness (QED) is 0.910. The molecule has 0 bridgehead atoms. The van der Waals surface area contributed by atoms with Gasteiger partial charge in [-0.2, -0.15) is 5.26 Å². The van der Waals surface area contributed by atoms with Gasteiger partial charge < -0.3 is 10.1 Å². The fourth-order valence-electron chi connectivity index (χ4n) is 2.27. The van der Waals surface area contributed by atoms with Crippen molar-refractivity contribution in [3.05, 3.63) is 29.6 Å². The van der Waals surface area contributed by atoms with Crippen LogP contribution in [0.2, 0.25) is 0 Å². The minimum atomic E-state index is -0.587. The smallest absolute Gasteiger partial charge is 0.230 e. The van der Waals surface area contributed by atoms with E-state index in [9.17, 15) is 9.18 Å². The third-order valence-corrected chi connectivity index (χ3v) is 3.30. The van der Waals surface area contributed by atoms with Crippen LogP contribution in [0, 0.1) is 23.1 Å². The minimum Gasteiger partial charge on any atom is -0.377 e. The molecule has 2 unspecified atom stereocenters. The summed E-state index contributed by atoms with van der Waals surface area (Å²) < 4.78 is 18.6. The van der Waals surface area contributed by atoms with E-state index in [2.05, 4.69) is 5.32 Å². The standard InChI is InChI=1S/C14H15FN2O2/c1-2-13-11(5-6-19-13)14(18)17-10-3-4-12(15)9(7-10)8-16/h3-4,7,11,13H,2,5-6H2,1H3,(H,17,18). The number of halogens is 1. The summed E-state index contributed by atoms with van der Waals surface area (Å²) in [6, 6.07) is 5.71. The van der Waals surface area contributed by atoms with Crippen molar-refractivity contribution in [1.29, 1.82) is 5.26 Å². The lowest BCUT2D eigenvalue weighted by Gasteiger charge is -2.16. The van der Waals surface area contributed by atoms with Gasteiger partial charge in [-0.3, -0.25) is 4.79 Å². The molecule has 5 heteroatoms. The van der Waals surface area contributed by atoms with Gasteiger partial charge in [0.2, 0.25) is 5.91 Å². The van der Waals surface area contributed by atoms with Crippen molar-refractivity contribution in [2.24, 2.45) is 5.92 Å². The number of amides is 1. The molecule has 1 aliphatic heterocycles. The predicted molar refractivity (Wildman–Crippen MR) is 67.9 cm³/mol. The molecule has 0 spiro atoms. The molecule has 19 heavy (non-hydrogen) atoms. The first-order valence-electron chi connectivity index (χ1n) is 6.27. The number of rotatable bonds is 3. The van der Waals surface area contributed by atoms with E-state index in [1.165, 1.54) is 18.2 Å². The molecule has 1 fully saturated rings. The summed E-state index contributed by atoms with van der Waals surface area (Å²) in [5.74, 6) is -0.906. The summed E-state index contributed by atoms with van der Waals surface area (Å²) in [6.45, 7) is 2.56. The van der Waals surface area contributed by atoms with E-state index < -0.39 is 5.82 Å². The minimum absolute atomic E-state index is 0.0594. The Hall–Kier alpha value is -1.93. The van der Waals surface area contributed by atoms with Crippen LogP contribution in [0.3, 0.4) is 0 Å². The Kier molecular flexibility index (Phi) is 4.13. The molecule has 0 saturated carbocycles. The number of nitrogens with one attached hydrogen (secondary N) is 1. The molecular weight excluding hydrogens is 247 g/mol. The molecule has 1 N–H and O–H groups in total. The van der Waals surface area contributed by atoms with Crippen LogP contribution >= 0.6 is 0 Å². The maximum absolute atomic E-state index is 13.2. The van der Waals surface area contributed by atoms with Crippen LogP contribution in [0.1, 0.15) is 25.3 Å². The topological polar surface area (TPSA) is 62.1 Å². The normalized spacial score (nSPS) is 21.9. The van der Waals surface area contributed by atoms with Gasteiger partial charge in [0, 0.05) is 12.3 Å². The van der Waals surface area contributed by atoms with Crippen molar-refractivity contribution in [2.75, 3.05) is 11.9 Å². The van der Waals surface area contributed by atoms with Gasteiger partial charge in [-0.15, -0.1) is 0 Å². The largest absolute Gasteiger partial charge is 0.377 e. The van der Waals surface area contributed by atoms with E-state index in [1.54, 1.807) is 6.07 Å². The van der Waals surface area contributed by atoms with E-state index in [1.807, 2.05) is 6.92 Å². The molecule has 0 aliphatic carbocycles. The number of carbonyl (C=O) groups is 1. The molecule has 1 aromatic carbocycles. The zero-order valence-corrected chi connectivity index (χ0v) is 10.6. The van der Waals surface area contributed by atoms with E-state index >= 15 is 0 Å². The maximum atomic E-state index is 13.2. The lowest BCUT2D eigenvalue weighted by molar-refractivity contribution is -0.121. The van der Waals surface area contributed by atoms with Gasteiger partial charge in [-0.25, -0.2) is 4.39 Å². The van der Waals surface area contributed by atoms with Gasteiger partial charge in [-0.05, 0) is 31.0 Å². The Labute approximate surface area is 111 Å². The molecule has 0 radical (unpaired) electrons. The molecule has 100 valence electrons. The number of nitrogens with zero attached hydrogens (tertiary/aromatic N) is 1. The molecule has 1 aromatic rings. The molecule has 4 nitrogen and oxygen atoms in total. The molecule has 1 heterocycles. The van der Waals surface area contributed by atoms with Crippen molar-refractivity contribution in [3.8, 4) is 6.07 Å². The first kappa shape index (κ1) is 13.5. The number of hydrogen-bond acceptors (Lipinski definition) is 3. The molecule has 0 aromatic heterocycles. The monoisotopic (exact) mass is 262 g/mol. The average Bonchev–Trinajstić information content (AvgIpc) is 2.89. The van der Waals surface area contributed by atoms with Crippen LogP contribution in [0.4, 0.5) is 10.1 Å². The highest BCUT2D eigenvalue weighted by molar-refractivity contribution is 5.93. The maximum Gasteiger partial charge on any atom is 0.230 e. The summed E-state index contributed by atoms with van der Waals surface area (Å²) in [5, 5.41) is 11.5. The number of benzene rings is 1. The van der Waals surface area contributed by atoms with Crippen LogP contribution in [0.5, 0.6) is 0 Å².